The van der Waals surface area contributed by atoms with Crippen LogP contribution in [-0.4, -0.2) is 55.9 Å². The van der Waals surface area contributed by atoms with Crippen LogP contribution in [0.5, 0.6) is 11.5 Å². The van der Waals surface area contributed by atoms with Gasteiger partial charge in [0, 0.05) is 57.2 Å². The molecule has 0 spiro atoms. The van der Waals surface area contributed by atoms with Crippen molar-refractivity contribution in [1.82, 2.24) is 9.88 Å². The lowest BCUT2D eigenvalue weighted by atomic mass is 10.1. The second kappa shape index (κ2) is 10.1. The molecule has 0 N–H and O–H groups in total. The lowest BCUT2D eigenvalue weighted by Crippen LogP contribution is -2.37. The number of aromatic nitrogens is 1. The maximum Gasteiger partial charge on any atom is 0.231 e. The molecule has 7 nitrogen and oxygen atoms in total. The number of amides is 1. The summed E-state index contributed by atoms with van der Waals surface area (Å²) in [7, 11) is 3.96. The number of hydrogen-bond acceptors (Lipinski definition) is 6. The molecular formula is C28H33N3O4. The number of carbonyl (C=O) groups is 1. The largest absolute Gasteiger partial charge is 0.454 e. The number of benzene rings is 2. The zero-order valence-corrected chi connectivity index (χ0v) is 20.8. The van der Waals surface area contributed by atoms with Gasteiger partial charge in [0.25, 0.3) is 0 Å². The van der Waals surface area contributed by atoms with Gasteiger partial charge in [0.15, 0.2) is 11.5 Å². The SMILES string of the molecule is Cc1ccc(CCC(=O)N(Cc2cc3cc4c(cc3nc2N(C)C)OCO4)C[C@H]2CCCO2)cc1. The minimum absolute atomic E-state index is 0.0864. The third-order valence-corrected chi connectivity index (χ3v) is 6.70. The molecule has 3 aromatic rings. The molecule has 0 radical (unpaired) electrons. The Labute approximate surface area is 206 Å². The Hall–Kier alpha value is -3.32. The van der Waals surface area contributed by atoms with Gasteiger partial charge in [-0.15, -0.1) is 0 Å². The summed E-state index contributed by atoms with van der Waals surface area (Å²) in [5.41, 5.74) is 4.25. The summed E-state index contributed by atoms with van der Waals surface area (Å²) in [4.78, 5) is 22.3. The summed E-state index contributed by atoms with van der Waals surface area (Å²) >= 11 is 0. The first-order valence-electron chi connectivity index (χ1n) is 12.3. The van der Waals surface area contributed by atoms with Crippen LogP contribution in [0.1, 0.15) is 36.0 Å². The number of carbonyl (C=O) groups excluding carboxylic acids is 1. The van der Waals surface area contributed by atoms with Gasteiger partial charge in [0.1, 0.15) is 5.82 Å². The molecule has 0 unspecified atom stereocenters. The molecule has 1 aromatic heterocycles. The first kappa shape index (κ1) is 23.4. The highest BCUT2D eigenvalue weighted by atomic mass is 16.7. The normalized spacial score (nSPS) is 16.6. The van der Waals surface area contributed by atoms with Gasteiger partial charge in [0.2, 0.25) is 12.7 Å². The molecular weight excluding hydrogens is 442 g/mol. The number of hydrogen-bond donors (Lipinski definition) is 0. The minimum atomic E-state index is 0.0864. The molecule has 1 amide bonds. The van der Waals surface area contributed by atoms with E-state index in [-0.39, 0.29) is 18.8 Å². The van der Waals surface area contributed by atoms with E-state index < -0.39 is 0 Å². The third-order valence-electron chi connectivity index (χ3n) is 6.70. The van der Waals surface area contributed by atoms with Crippen LogP contribution in [0.25, 0.3) is 10.9 Å². The van der Waals surface area contributed by atoms with E-state index in [2.05, 4.69) is 37.3 Å². The van der Waals surface area contributed by atoms with Gasteiger partial charge >= 0.3 is 0 Å². The van der Waals surface area contributed by atoms with Gasteiger partial charge in [0.05, 0.1) is 11.6 Å². The molecule has 5 rings (SSSR count). The number of nitrogens with zero attached hydrogens (tertiary/aromatic N) is 3. The highest BCUT2D eigenvalue weighted by molar-refractivity contribution is 5.86. The molecule has 1 fully saturated rings. The van der Waals surface area contributed by atoms with Crippen molar-refractivity contribution in [3.8, 4) is 11.5 Å². The molecule has 184 valence electrons. The fraction of sp³-hybridized carbons (Fsp3) is 0.429. The number of ether oxygens (including phenoxy) is 3. The van der Waals surface area contributed by atoms with Crippen molar-refractivity contribution in [3.05, 3.63) is 59.2 Å². The molecule has 0 aliphatic carbocycles. The Bertz CT molecular complexity index is 1200. The zero-order chi connectivity index (χ0) is 24.4. The smallest absolute Gasteiger partial charge is 0.231 e. The van der Waals surface area contributed by atoms with Gasteiger partial charge in [-0.05, 0) is 43.9 Å². The molecule has 1 saturated heterocycles. The number of fused-ring (bicyclic) bond motifs is 2. The number of aryl methyl sites for hydroxylation is 2. The van der Waals surface area contributed by atoms with Gasteiger partial charge in [-0.2, -0.15) is 0 Å². The van der Waals surface area contributed by atoms with Crippen LogP contribution < -0.4 is 14.4 Å². The van der Waals surface area contributed by atoms with Gasteiger partial charge < -0.3 is 24.0 Å². The summed E-state index contributed by atoms with van der Waals surface area (Å²) in [5.74, 6) is 2.43. The molecule has 35 heavy (non-hydrogen) atoms. The number of pyridine rings is 1. The van der Waals surface area contributed by atoms with E-state index in [0.717, 1.165) is 53.9 Å². The van der Waals surface area contributed by atoms with E-state index in [0.29, 0.717) is 25.3 Å². The summed E-state index contributed by atoms with van der Waals surface area (Å²) in [6.45, 7) is 4.15. The molecule has 2 aliphatic rings. The molecule has 0 bridgehead atoms. The quantitative estimate of drug-likeness (QED) is 0.479. The predicted molar refractivity (Wildman–Crippen MR) is 136 cm³/mol. The van der Waals surface area contributed by atoms with Gasteiger partial charge in [-0.25, -0.2) is 4.98 Å². The maximum absolute atomic E-state index is 13.5. The average Bonchev–Trinajstić information content (AvgIpc) is 3.52. The summed E-state index contributed by atoms with van der Waals surface area (Å²) < 4.78 is 17.0. The third kappa shape index (κ3) is 5.35. The second-order valence-electron chi connectivity index (χ2n) is 9.66. The van der Waals surface area contributed by atoms with Gasteiger partial charge in [-0.1, -0.05) is 29.8 Å². The van der Waals surface area contributed by atoms with E-state index >= 15 is 0 Å². The van der Waals surface area contributed by atoms with Crippen LogP contribution in [0.3, 0.4) is 0 Å². The van der Waals surface area contributed by atoms with Crippen LogP contribution in [0.15, 0.2) is 42.5 Å². The van der Waals surface area contributed by atoms with E-state index in [1.54, 1.807) is 0 Å². The molecule has 3 heterocycles. The zero-order valence-electron chi connectivity index (χ0n) is 20.8. The lowest BCUT2D eigenvalue weighted by molar-refractivity contribution is -0.133. The Morgan fingerprint density at radius 3 is 2.57 bits per heavy atom. The fourth-order valence-electron chi connectivity index (χ4n) is 4.76. The van der Waals surface area contributed by atoms with Crippen LogP contribution in [0.2, 0.25) is 0 Å². The fourth-order valence-corrected chi connectivity index (χ4v) is 4.76. The van der Waals surface area contributed by atoms with Gasteiger partial charge in [-0.3, -0.25) is 4.79 Å². The standard InChI is InChI=1S/C28H33N3O4/c1-19-6-8-20(9-7-19)10-11-27(32)31(17-23-5-4-12-33-23)16-22-13-21-14-25-26(35-18-34-25)15-24(21)29-28(22)30(2)3/h6-9,13-15,23H,4-5,10-12,16-18H2,1-3H3/t23-/m1/s1. The Morgan fingerprint density at radius 1 is 1.09 bits per heavy atom. The van der Waals surface area contributed by atoms with Crippen LogP contribution in [0, 0.1) is 6.92 Å². The first-order valence-corrected chi connectivity index (χ1v) is 12.3. The van der Waals surface area contributed by atoms with E-state index in [9.17, 15) is 4.79 Å². The van der Waals surface area contributed by atoms with Crippen LogP contribution in [-0.2, 0) is 22.5 Å². The van der Waals surface area contributed by atoms with E-state index in [1.807, 2.05) is 36.0 Å². The van der Waals surface area contributed by atoms with E-state index in [1.165, 1.54) is 11.1 Å². The van der Waals surface area contributed by atoms with Crippen LogP contribution in [0.4, 0.5) is 5.82 Å². The predicted octanol–water partition coefficient (Wildman–Crippen LogP) is 4.48. The van der Waals surface area contributed by atoms with Crippen molar-refractivity contribution in [2.24, 2.45) is 0 Å². The highest BCUT2D eigenvalue weighted by Crippen LogP contribution is 2.37. The van der Waals surface area contributed by atoms with Crippen LogP contribution >= 0.6 is 0 Å². The minimum Gasteiger partial charge on any atom is -0.454 e. The summed E-state index contributed by atoms with van der Waals surface area (Å²) in [6, 6.07) is 14.4. The average molecular weight is 476 g/mol. The Balaban J connectivity index is 1.41. The lowest BCUT2D eigenvalue weighted by Gasteiger charge is -2.28. The van der Waals surface area contributed by atoms with Crippen molar-refractivity contribution >= 4 is 22.6 Å². The number of rotatable bonds is 8. The van der Waals surface area contributed by atoms with Crippen molar-refractivity contribution < 1.29 is 19.0 Å². The summed E-state index contributed by atoms with van der Waals surface area (Å²) in [5, 5.41) is 0.971. The molecule has 2 aromatic carbocycles. The van der Waals surface area contributed by atoms with Crippen molar-refractivity contribution in [2.75, 3.05) is 38.9 Å². The Kier molecular flexibility index (Phi) is 6.77. The maximum atomic E-state index is 13.5. The van der Waals surface area contributed by atoms with E-state index in [4.69, 9.17) is 19.2 Å². The monoisotopic (exact) mass is 475 g/mol. The first-order chi connectivity index (χ1) is 17.0. The Morgan fingerprint density at radius 2 is 1.86 bits per heavy atom. The molecule has 2 aliphatic heterocycles. The topological polar surface area (TPSA) is 64.1 Å². The highest BCUT2D eigenvalue weighted by Gasteiger charge is 2.25. The van der Waals surface area contributed by atoms with Crippen molar-refractivity contribution in [1.29, 1.82) is 0 Å². The number of anilines is 1. The van der Waals surface area contributed by atoms with Crippen molar-refractivity contribution in [3.63, 3.8) is 0 Å². The molecule has 7 heteroatoms. The second-order valence-corrected chi connectivity index (χ2v) is 9.66. The summed E-state index contributed by atoms with van der Waals surface area (Å²) in [6.07, 6.45) is 3.31. The molecule has 0 saturated carbocycles. The molecule has 1 atom stereocenters. The van der Waals surface area contributed by atoms with Crippen molar-refractivity contribution in [2.45, 2.75) is 45.3 Å².